The smallest absolute Gasteiger partial charge is 0.410 e. The van der Waals surface area contributed by atoms with Crippen LogP contribution in [0.1, 0.15) is 61.0 Å². The number of aromatic carboxylic acids is 1. The lowest BCUT2D eigenvalue weighted by atomic mass is 9.87. The Bertz CT molecular complexity index is 596. The van der Waals surface area contributed by atoms with Crippen LogP contribution in [0.15, 0.2) is 18.2 Å². The fourth-order valence-electron chi connectivity index (χ4n) is 2.89. The van der Waals surface area contributed by atoms with Gasteiger partial charge in [-0.3, -0.25) is 0 Å². The molecule has 1 amide bonds. The Morgan fingerprint density at radius 1 is 1.17 bits per heavy atom. The van der Waals surface area contributed by atoms with Crippen LogP contribution in [0.25, 0.3) is 0 Å². The molecule has 1 heterocycles. The minimum Gasteiger partial charge on any atom is -0.478 e. The van der Waals surface area contributed by atoms with E-state index in [4.69, 9.17) is 4.74 Å². The number of carbonyl (C=O) groups excluding carboxylic acids is 1. The van der Waals surface area contributed by atoms with Crippen LogP contribution in [0.5, 0.6) is 0 Å². The Balaban J connectivity index is 2.02. The van der Waals surface area contributed by atoms with E-state index in [2.05, 4.69) is 0 Å². The molecule has 1 aromatic rings. The average Bonchev–Trinajstić information content (AvgIpc) is 2.45. The van der Waals surface area contributed by atoms with Gasteiger partial charge in [-0.15, -0.1) is 0 Å². The Hall–Kier alpha value is -2.04. The zero-order chi connectivity index (χ0) is 17.2. The molecule has 0 unspecified atom stereocenters. The van der Waals surface area contributed by atoms with E-state index >= 15 is 0 Å². The van der Waals surface area contributed by atoms with Gasteiger partial charge in [0.05, 0.1) is 5.56 Å². The summed E-state index contributed by atoms with van der Waals surface area (Å²) in [5, 5.41) is 9.19. The van der Waals surface area contributed by atoms with Crippen molar-refractivity contribution in [1.29, 1.82) is 0 Å². The van der Waals surface area contributed by atoms with Crippen molar-refractivity contribution < 1.29 is 19.4 Å². The lowest BCUT2D eigenvalue weighted by Crippen LogP contribution is -2.41. The van der Waals surface area contributed by atoms with Crippen LogP contribution < -0.4 is 0 Å². The second-order valence-corrected chi connectivity index (χ2v) is 7.18. The number of rotatable bonds is 2. The molecule has 0 saturated carbocycles. The minimum absolute atomic E-state index is 0.272. The van der Waals surface area contributed by atoms with E-state index in [1.165, 1.54) is 0 Å². The number of likely N-dealkylation sites (tertiary alicyclic amines) is 1. The van der Waals surface area contributed by atoms with Gasteiger partial charge < -0.3 is 14.7 Å². The number of hydrogen-bond acceptors (Lipinski definition) is 3. The lowest BCUT2D eigenvalue weighted by molar-refractivity contribution is 0.0204. The molecule has 0 spiro atoms. The van der Waals surface area contributed by atoms with E-state index in [0.29, 0.717) is 18.7 Å². The molecule has 23 heavy (non-hydrogen) atoms. The van der Waals surface area contributed by atoms with E-state index in [-0.39, 0.29) is 12.0 Å². The molecule has 5 heteroatoms. The molecule has 126 valence electrons. The molecule has 2 rings (SSSR count). The molecule has 1 N–H and O–H groups in total. The zero-order valence-electron chi connectivity index (χ0n) is 14.3. The fourth-order valence-corrected chi connectivity index (χ4v) is 2.89. The number of carboxylic acid groups (broad SMARTS) is 1. The molecule has 5 nitrogen and oxygen atoms in total. The van der Waals surface area contributed by atoms with Crippen LogP contribution in [0.3, 0.4) is 0 Å². The molecule has 0 aromatic heterocycles. The zero-order valence-corrected chi connectivity index (χ0v) is 14.3. The van der Waals surface area contributed by atoms with Crippen molar-refractivity contribution in [1.82, 2.24) is 4.90 Å². The van der Waals surface area contributed by atoms with E-state index < -0.39 is 11.6 Å². The largest absolute Gasteiger partial charge is 0.478 e. The third-order valence-corrected chi connectivity index (χ3v) is 3.96. The highest BCUT2D eigenvalue weighted by Gasteiger charge is 2.27. The van der Waals surface area contributed by atoms with Gasteiger partial charge in [-0.1, -0.05) is 6.07 Å². The van der Waals surface area contributed by atoms with Gasteiger partial charge >= 0.3 is 12.1 Å². The molecule has 0 atom stereocenters. The topological polar surface area (TPSA) is 66.8 Å². The predicted octanol–water partition coefficient (Wildman–Crippen LogP) is 3.81. The second-order valence-electron chi connectivity index (χ2n) is 7.18. The summed E-state index contributed by atoms with van der Waals surface area (Å²) < 4.78 is 5.40. The van der Waals surface area contributed by atoms with E-state index in [0.717, 1.165) is 24.0 Å². The Labute approximate surface area is 137 Å². The predicted molar refractivity (Wildman–Crippen MR) is 87.9 cm³/mol. The third kappa shape index (κ3) is 4.71. The van der Waals surface area contributed by atoms with Crippen molar-refractivity contribution in [2.45, 2.75) is 52.1 Å². The summed E-state index contributed by atoms with van der Waals surface area (Å²) in [5.41, 5.74) is 1.84. The molecule has 1 aromatic carbocycles. The summed E-state index contributed by atoms with van der Waals surface area (Å²) in [5.74, 6) is -0.618. The number of piperidine rings is 1. The molecular weight excluding hydrogens is 294 g/mol. The highest BCUT2D eigenvalue weighted by Crippen LogP contribution is 2.30. The standard InChI is InChI=1S/C18H25NO4/c1-12-9-14(11-15(10-12)16(20)21)13-5-7-19(8-6-13)17(22)23-18(2,3)4/h9-11,13H,5-8H2,1-4H3,(H,20,21). The Morgan fingerprint density at radius 2 is 1.78 bits per heavy atom. The molecule has 1 aliphatic heterocycles. The van der Waals surface area contributed by atoms with E-state index in [1.54, 1.807) is 17.0 Å². The molecule has 0 aliphatic carbocycles. The van der Waals surface area contributed by atoms with Crippen LogP contribution in [0.2, 0.25) is 0 Å². The number of carboxylic acids is 1. The van der Waals surface area contributed by atoms with Gasteiger partial charge in [-0.05, 0) is 69.7 Å². The maximum Gasteiger partial charge on any atom is 0.410 e. The van der Waals surface area contributed by atoms with E-state index in [1.807, 2.05) is 33.8 Å². The minimum atomic E-state index is -0.902. The number of ether oxygens (including phenoxy) is 1. The number of aryl methyl sites for hydroxylation is 1. The van der Waals surface area contributed by atoms with Gasteiger partial charge in [0.25, 0.3) is 0 Å². The van der Waals surface area contributed by atoms with Gasteiger partial charge in [-0.25, -0.2) is 9.59 Å². The van der Waals surface area contributed by atoms with Crippen molar-refractivity contribution in [3.05, 3.63) is 34.9 Å². The maximum atomic E-state index is 12.1. The van der Waals surface area contributed by atoms with Gasteiger partial charge in [0.1, 0.15) is 5.60 Å². The molecule has 0 radical (unpaired) electrons. The van der Waals surface area contributed by atoms with Gasteiger partial charge in [0, 0.05) is 13.1 Å². The summed E-state index contributed by atoms with van der Waals surface area (Å²) in [7, 11) is 0. The maximum absolute atomic E-state index is 12.1. The first-order valence-corrected chi connectivity index (χ1v) is 7.98. The third-order valence-electron chi connectivity index (χ3n) is 3.96. The Morgan fingerprint density at radius 3 is 2.30 bits per heavy atom. The highest BCUT2D eigenvalue weighted by molar-refractivity contribution is 5.88. The average molecular weight is 319 g/mol. The van der Waals surface area contributed by atoms with E-state index in [9.17, 15) is 14.7 Å². The van der Waals surface area contributed by atoms with Gasteiger partial charge in [-0.2, -0.15) is 0 Å². The van der Waals surface area contributed by atoms with Crippen LogP contribution in [-0.4, -0.2) is 40.8 Å². The normalized spacial score (nSPS) is 16.3. The van der Waals surface area contributed by atoms with Crippen LogP contribution >= 0.6 is 0 Å². The number of amides is 1. The molecule has 1 aliphatic rings. The highest BCUT2D eigenvalue weighted by atomic mass is 16.6. The summed E-state index contributed by atoms with van der Waals surface area (Å²) >= 11 is 0. The number of nitrogens with zero attached hydrogens (tertiary/aromatic N) is 1. The molecule has 0 bridgehead atoms. The van der Waals surface area contributed by atoms with Crippen LogP contribution in [-0.2, 0) is 4.74 Å². The molecular formula is C18H25NO4. The van der Waals surface area contributed by atoms with Gasteiger partial charge in [0.15, 0.2) is 0 Å². The number of benzene rings is 1. The summed E-state index contributed by atoms with van der Waals surface area (Å²) in [6.45, 7) is 8.76. The first-order valence-electron chi connectivity index (χ1n) is 7.98. The quantitative estimate of drug-likeness (QED) is 0.900. The summed E-state index contributed by atoms with van der Waals surface area (Å²) in [4.78, 5) is 25.0. The first kappa shape index (κ1) is 17.3. The monoisotopic (exact) mass is 319 g/mol. The first-order chi connectivity index (χ1) is 10.7. The number of hydrogen-bond donors (Lipinski definition) is 1. The van der Waals surface area contributed by atoms with Gasteiger partial charge in [0.2, 0.25) is 0 Å². The van der Waals surface area contributed by atoms with Crippen molar-refractivity contribution >= 4 is 12.1 Å². The van der Waals surface area contributed by atoms with Crippen molar-refractivity contribution in [3.8, 4) is 0 Å². The summed E-state index contributed by atoms with van der Waals surface area (Å²) in [6.07, 6.45) is 1.37. The molecule has 1 fully saturated rings. The fraction of sp³-hybridized carbons (Fsp3) is 0.556. The summed E-state index contributed by atoms with van der Waals surface area (Å²) in [6, 6.07) is 5.48. The lowest BCUT2D eigenvalue weighted by Gasteiger charge is -2.33. The van der Waals surface area contributed by atoms with Crippen molar-refractivity contribution in [3.63, 3.8) is 0 Å². The second kappa shape index (κ2) is 6.60. The van der Waals surface area contributed by atoms with Crippen molar-refractivity contribution in [2.24, 2.45) is 0 Å². The van der Waals surface area contributed by atoms with Crippen molar-refractivity contribution in [2.75, 3.05) is 13.1 Å². The molecule has 1 saturated heterocycles. The Kier molecular flexibility index (Phi) is 4.97. The van der Waals surface area contributed by atoms with Crippen LogP contribution in [0.4, 0.5) is 4.79 Å². The van der Waals surface area contributed by atoms with Crippen LogP contribution in [0, 0.1) is 6.92 Å². The number of carbonyl (C=O) groups is 2. The SMILES string of the molecule is Cc1cc(C(=O)O)cc(C2CCN(C(=O)OC(C)(C)C)CC2)c1.